The summed E-state index contributed by atoms with van der Waals surface area (Å²) in [6, 6.07) is 13.9. The molecule has 0 amide bonds. The van der Waals surface area contributed by atoms with Crippen molar-refractivity contribution in [1.82, 2.24) is 4.98 Å². The lowest BCUT2D eigenvalue weighted by Crippen LogP contribution is -1.83. The van der Waals surface area contributed by atoms with Crippen molar-refractivity contribution >= 4 is 43.2 Å². The van der Waals surface area contributed by atoms with Crippen molar-refractivity contribution in [2.75, 3.05) is 5.73 Å². The summed E-state index contributed by atoms with van der Waals surface area (Å²) in [5, 5.41) is 1.02. The van der Waals surface area contributed by atoms with Crippen molar-refractivity contribution in [1.29, 1.82) is 0 Å². The van der Waals surface area contributed by atoms with E-state index in [1.165, 1.54) is 4.70 Å². The molecule has 0 aliphatic rings. The minimum Gasteiger partial charge on any atom is -0.399 e. The van der Waals surface area contributed by atoms with Gasteiger partial charge in [0.25, 0.3) is 0 Å². The Labute approximate surface area is 111 Å². The maximum Gasteiger partial charge on any atom is 0.124 e. The van der Waals surface area contributed by atoms with E-state index in [4.69, 9.17) is 5.73 Å². The van der Waals surface area contributed by atoms with E-state index in [1.54, 1.807) is 11.3 Å². The van der Waals surface area contributed by atoms with Crippen LogP contribution in [0, 0.1) is 0 Å². The van der Waals surface area contributed by atoms with E-state index in [9.17, 15) is 0 Å². The Morgan fingerprint density at radius 3 is 2.53 bits per heavy atom. The predicted octanol–water partition coefficient (Wildman–Crippen LogP) is 4.31. The average molecular weight is 305 g/mol. The maximum atomic E-state index is 5.68. The Hall–Kier alpha value is -1.39. The second kappa shape index (κ2) is 4.13. The molecule has 0 aliphatic carbocycles. The lowest BCUT2D eigenvalue weighted by Gasteiger charge is -1.96. The number of hydrogen-bond acceptors (Lipinski definition) is 3. The van der Waals surface area contributed by atoms with Crippen LogP contribution in [0.15, 0.2) is 46.9 Å². The Morgan fingerprint density at radius 2 is 1.82 bits per heavy atom. The van der Waals surface area contributed by atoms with Crippen molar-refractivity contribution in [3.63, 3.8) is 0 Å². The third kappa shape index (κ3) is 1.94. The van der Waals surface area contributed by atoms with Gasteiger partial charge in [-0.25, -0.2) is 4.98 Å². The molecule has 0 aliphatic heterocycles. The van der Waals surface area contributed by atoms with Gasteiger partial charge in [0.1, 0.15) is 5.01 Å². The molecule has 1 aromatic heterocycles. The molecule has 3 aromatic rings. The van der Waals surface area contributed by atoms with Gasteiger partial charge in [-0.05, 0) is 52.3 Å². The van der Waals surface area contributed by atoms with E-state index < -0.39 is 0 Å². The molecule has 0 radical (unpaired) electrons. The standard InChI is InChI=1S/C13H9BrN2S/c14-10-2-1-3-11-12(10)16-13(17-11)8-4-6-9(15)7-5-8/h1-7H,15H2. The second-order valence-electron chi connectivity index (χ2n) is 3.73. The molecule has 2 aromatic carbocycles. The number of anilines is 1. The van der Waals surface area contributed by atoms with Crippen molar-refractivity contribution in [3.05, 3.63) is 46.9 Å². The molecule has 0 atom stereocenters. The number of aromatic nitrogens is 1. The van der Waals surface area contributed by atoms with Crippen LogP contribution in [0.3, 0.4) is 0 Å². The summed E-state index contributed by atoms with van der Waals surface area (Å²) < 4.78 is 2.22. The molecule has 2 nitrogen and oxygen atoms in total. The Balaban J connectivity index is 2.18. The SMILES string of the molecule is Nc1ccc(-c2nc3c(Br)cccc3s2)cc1. The molecule has 0 bridgehead atoms. The van der Waals surface area contributed by atoms with Crippen LogP contribution in [-0.2, 0) is 0 Å². The molecule has 0 unspecified atom stereocenters. The molecular formula is C13H9BrN2S. The lowest BCUT2D eigenvalue weighted by molar-refractivity contribution is 1.46. The largest absolute Gasteiger partial charge is 0.399 e. The molecule has 1 heterocycles. The van der Waals surface area contributed by atoms with Crippen LogP contribution < -0.4 is 5.73 Å². The van der Waals surface area contributed by atoms with E-state index in [-0.39, 0.29) is 0 Å². The van der Waals surface area contributed by atoms with Crippen molar-refractivity contribution in [2.45, 2.75) is 0 Å². The van der Waals surface area contributed by atoms with Gasteiger partial charge >= 0.3 is 0 Å². The number of nitrogens with two attached hydrogens (primary N) is 1. The fourth-order valence-corrected chi connectivity index (χ4v) is 3.25. The van der Waals surface area contributed by atoms with Gasteiger partial charge in [-0.1, -0.05) is 6.07 Å². The second-order valence-corrected chi connectivity index (χ2v) is 5.61. The zero-order chi connectivity index (χ0) is 11.8. The Kier molecular flexibility index (Phi) is 2.61. The predicted molar refractivity (Wildman–Crippen MR) is 77.2 cm³/mol. The van der Waals surface area contributed by atoms with E-state index in [2.05, 4.69) is 27.0 Å². The van der Waals surface area contributed by atoms with Gasteiger partial charge in [-0.2, -0.15) is 0 Å². The molecule has 3 rings (SSSR count). The van der Waals surface area contributed by atoms with Crippen molar-refractivity contribution < 1.29 is 0 Å². The van der Waals surface area contributed by atoms with Crippen molar-refractivity contribution in [3.8, 4) is 10.6 Å². The summed E-state index contributed by atoms with van der Waals surface area (Å²) in [7, 11) is 0. The van der Waals surface area contributed by atoms with Gasteiger partial charge in [0, 0.05) is 15.7 Å². The molecule has 17 heavy (non-hydrogen) atoms. The highest BCUT2D eigenvalue weighted by atomic mass is 79.9. The molecular weight excluding hydrogens is 296 g/mol. The topological polar surface area (TPSA) is 38.9 Å². The van der Waals surface area contributed by atoms with Gasteiger partial charge in [0.2, 0.25) is 0 Å². The molecule has 0 fully saturated rings. The van der Waals surface area contributed by atoms with Gasteiger partial charge < -0.3 is 5.73 Å². The number of rotatable bonds is 1. The monoisotopic (exact) mass is 304 g/mol. The van der Waals surface area contributed by atoms with E-state index in [0.29, 0.717) is 0 Å². The fraction of sp³-hybridized carbons (Fsp3) is 0. The number of fused-ring (bicyclic) bond motifs is 1. The first-order valence-corrected chi connectivity index (χ1v) is 6.76. The van der Waals surface area contributed by atoms with Crippen LogP contribution >= 0.6 is 27.3 Å². The van der Waals surface area contributed by atoms with Crippen LogP contribution in [0.4, 0.5) is 5.69 Å². The van der Waals surface area contributed by atoms with E-state index >= 15 is 0 Å². The van der Waals surface area contributed by atoms with E-state index in [0.717, 1.165) is 26.2 Å². The number of nitrogens with zero attached hydrogens (tertiary/aromatic N) is 1. The summed E-state index contributed by atoms with van der Waals surface area (Å²) in [5.74, 6) is 0. The first-order valence-electron chi connectivity index (χ1n) is 5.15. The zero-order valence-corrected chi connectivity index (χ0v) is 11.3. The smallest absolute Gasteiger partial charge is 0.124 e. The van der Waals surface area contributed by atoms with Gasteiger partial charge in [-0.15, -0.1) is 11.3 Å². The number of nitrogen functional groups attached to an aromatic ring is 1. The highest BCUT2D eigenvalue weighted by Crippen LogP contribution is 2.33. The van der Waals surface area contributed by atoms with Crippen LogP contribution in [0.2, 0.25) is 0 Å². The van der Waals surface area contributed by atoms with Gasteiger partial charge in [-0.3, -0.25) is 0 Å². The Morgan fingerprint density at radius 1 is 1.06 bits per heavy atom. The Bertz CT molecular complexity index is 673. The summed E-state index contributed by atoms with van der Waals surface area (Å²) in [6.45, 7) is 0. The third-order valence-corrected chi connectivity index (χ3v) is 4.24. The first-order chi connectivity index (χ1) is 8.24. The minimum absolute atomic E-state index is 0.774. The first kappa shape index (κ1) is 10.7. The minimum atomic E-state index is 0.774. The summed E-state index contributed by atoms with van der Waals surface area (Å²) in [6.07, 6.45) is 0. The van der Waals surface area contributed by atoms with Crippen LogP contribution in [-0.4, -0.2) is 4.98 Å². The summed E-state index contributed by atoms with van der Waals surface area (Å²) >= 11 is 5.21. The molecule has 0 saturated carbocycles. The number of thiazole rings is 1. The van der Waals surface area contributed by atoms with Crippen LogP contribution in [0.25, 0.3) is 20.8 Å². The zero-order valence-electron chi connectivity index (χ0n) is 8.85. The van der Waals surface area contributed by atoms with Gasteiger partial charge in [0.05, 0.1) is 10.2 Å². The quantitative estimate of drug-likeness (QED) is 0.680. The number of hydrogen-bond donors (Lipinski definition) is 1. The van der Waals surface area contributed by atoms with Gasteiger partial charge in [0.15, 0.2) is 0 Å². The highest BCUT2D eigenvalue weighted by Gasteiger charge is 2.07. The van der Waals surface area contributed by atoms with E-state index in [1.807, 2.05) is 36.4 Å². The number of benzene rings is 2. The number of halogens is 1. The maximum absolute atomic E-state index is 5.68. The highest BCUT2D eigenvalue weighted by molar-refractivity contribution is 9.10. The summed E-state index contributed by atoms with van der Waals surface area (Å²) in [5.41, 5.74) is 8.58. The van der Waals surface area contributed by atoms with Crippen LogP contribution in [0.5, 0.6) is 0 Å². The summed E-state index contributed by atoms with van der Waals surface area (Å²) in [4.78, 5) is 4.64. The molecule has 4 heteroatoms. The fourth-order valence-electron chi connectivity index (χ4n) is 1.66. The van der Waals surface area contributed by atoms with Crippen LogP contribution in [0.1, 0.15) is 0 Å². The number of para-hydroxylation sites is 1. The third-order valence-electron chi connectivity index (χ3n) is 2.53. The normalized spacial score (nSPS) is 10.9. The molecule has 2 N–H and O–H groups in total. The molecule has 0 spiro atoms. The van der Waals surface area contributed by atoms with Crippen molar-refractivity contribution in [2.24, 2.45) is 0 Å². The lowest BCUT2D eigenvalue weighted by atomic mass is 10.2. The average Bonchev–Trinajstić information content (AvgIpc) is 2.75. The molecule has 0 saturated heterocycles. The molecule has 84 valence electrons.